The van der Waals surface area contributed by atoms with Crippen molar-refractivity contribution in [2.24, 2.45) is 0 Å². The van der Waals surface area contributed by atoms with Gasteiger partial charge < -0.3 is 15.1 Å². The highest BCUT2D eigenvalue weighted by Gasteiger charge is 2.18. The van der Waals surface area contributed by atoms with Crippen molar-refractivity contribution in [2.75, 3.05) is 45.9 Å². The Kier molecular flexibility index (Phi) is 22.1. The number of hydrogen-bond donors (Lipinski definition) is 2. The number of nitrogens with zero attached hydrogens (tertiary/aromatic N) is 2. The molecule has 1 unspecified atom stereocenters. The van der Waals surface area contributed by atoms with E-state index in [9.17, 15) is 5.11 Å². The maximum atomic E-state index is 9.55. The predicted molar refractivity (Wildman–Crippen MR) is 144 cm³/mol. The number of unbranched alkanes of at least 4 members (excludes halogenated alkanes) is 19. The summed E-state index contributed by atoms with van der Waals surface area (Å²) in [6.07, 6.45) is 28.2. The van der Waals surface area contributed by atoms with Crippen molar-refractivity contribution in [1.29, 1.82) is 0 Å². The average Bonchev–Trinajstić information content (AvgIpc) is 2.83. The maximum absolute atomic E-state index is 9.55. The zero-order valence-electron chi connectivity index (χ0n) is 22.5. The summed E-state index contributed by atoms with van der Waals surface area (Å²) in [7, 11) is 0. The minimum Gasteiger partial charge on any atom is -0.394 e. The van der Waals surface area contributed by atoms with Crippen LogP contribution in [0.1, 0.15) is 135 Å². The summed E-state index contributed by atoms with van der Waals surface area (Å²) in [5.41, 5.74) is 0. The summed E-state index contributed by atoms with van der Waals surface area (Å²) in [6, 6.07) is 0. The zero-order chi connectivity index (χ0) is 23.8. The van der Waals surface area contributed by atoms with Crippen LogP contribution in [0.3, 0.4) is 0 Å². The van der Waals surface area contributed by atoms with E-state index in [1.165, 1.54) is 135 Å². The van der Waals surface area contributed by atoms with E-state index >= 15 is 0 Å². The molecule has 1 aliphatic rings. The highest BCUT2D eigenvalue weighted by Crippen LogP contribution is 2.15. The lowest BCUT2D eigenvalue weighted by Gasteiger charge is -2.35. The number of hydrogen-bond acceptors (Lipinski definition) is 4. The van der Waals surface area contributed by atoms with Gasteiger partial charge in [-0.05, 0) is 13.0 Å². The number of aliphatic hydroxyl groups is 2. The summed E-state index contributed by atoms with van der Waals surface area (Å²) in [5.74, 6) is 0. The fraction of sp³-hybridized carbons (Fsp3) is 1.00. The fourth-order valence-electron chi connectivity index (χ4n) is 5.14. The first kappa shape index (κ1) is 30.9. The molecule has 0 spiro atoms. The predicted octanol–water partition coefficient (Wildman–Crippen LogP) is 6.78. The number of piperazine rings is 1. The average molecular weight is 469 g/mol. The minimum atomic E-state index is -0.582. The Bertz CT molecular complexity index is 386. The quantitative estimate of drug-likeness (QED) is 0.153. The highest BCUT2D eigenvalue weighted by atomic mass is 16.3. The van der Waals surface area contributed by atoms with Crippen LogP contribution in [0.4, 0.5) is 0 Å². The van der Waals surface area contributed by atoms with Crippen molar-refractivity contribution in [3.8, 4) is 0 Å². The normalized spacial score (nSPS) is 16.5. The molecule has 2 N–H and O–H groups in total. The first-order valence-corrected chi connectivity index (χ1v) is 15.0. The highest BCUT2D eigenvalue weighted by molar-refractivity contribution is 4.74. The zero-order valence-corrected chi connectivity index (χ0v) is 22.5. The molecule has 0 aromatic heterocycles. The smallest absolute Gasteiger partial charge is 0.0897 e. The summed E-state index contributed by atoms with van der Waals surface area (Å²) in [6.45, 7) is 8.28. The van der Waals surface area contributed by atoms with Gasteiger partial charge in [-0.15, -0.1) is 0 Å². The lowest BCUT2D eigenvalue weighted by atomic mass is 10.0. The molecule has 0 aromatic carbocycles. The molecule has 0 aromatic rings. The van der Waals surface area contributed by atoms with E-state index in [4.69, 9.17) is 5.11 Å². The molecule has 1 aliphatic heterocycles. The van der Waals surface area contributed by atoms with Gasteiger partial charge in [0.2, 0.25) is 0 Å². The molecule has 0 aliphatic carbocycles. The van der Waals surface area contributed by atoms with Crippen LogP contribution in [-0.4, -0.2) is 72.0 Å². The second-order valence-corrected chi connectivity index (χ2v) is 10.7. The summed E-state index contributed by atoms with van der Waals surface area (Å²) >= 11 is 0. The monoisotopic (exact) mass is 468 g/mol. The first-order valence-electron chi connectivity index (χ1n) is 15.0. The van der Waals surface area contributed by atoms with Gasteiger partial charge in [0, 0.05) is 32.7 Å². The van der Waals surface area contributed by atoms with Gasteiger partial charge in [-0.3, -0.25) is 4.90 Å². The van der Waals surface area contributed by atoms with Gasteiger partial charge >= 0.3 is 0 Å². The maximum Gasteiger partial charge on any atom is 0.0897 e. The molecule has 198 valence electrons. The largest absolute Gasteiger partial charge is 0.394 e. The van der Waals surface area contributed by atoms with Crippen LogP contribution in [0.2, 0.25) is 0 Å². The van der Waals surface area contributed by atoms with Crippen molar-refractivity contribution in [3.05, 3.63) is 0 Å². The van der Waals surface area contributed by atoms with Crippen molar-refractivity contribution >= 4 is 0 Å². The standard InChI is InChI=1S/C29H60N2O2/c1-2-3-4-5-6-7-8-9-10-11-12-13-14-15-16-17-18-19-20-21-22-30-23-25-31(26-24-30)27-29(33)28-32/h29,32-33H,2-28H2,1H3. The Morgan fingerprint density at radius 2 is 0.848 bits per heavy atom. The van der Waals surface area contributed by atoms with E-state index in [1.807, 2.05) is 0 Å². The Morgan fingerprint density at radius 3 is 1.21 bits per heavy atom. The fourth-order valence-corrected chi connectivity index (χ4v) is 5.14. The van der Waals surface area contributed by atoms with E-state index < -0.39 is 6.10 Å². The van der Waals surface area contributed by atoms with Gasteiger partial charge in [0.05, 0.1) is 12.7 Å². The molecule has 0 radical (unpaired) electrons. The molecule has 0 bridgehead atoms. The van der Waals surface area contributed by atoms with Gasteiger partial charge in [-0.2, -0.15) is 0 Å². The van der Waals surface area contributed by atoms with Gasteiger partial charge in [0.25, 0.3) is 0 Å². The first-order chi connectivity index (χ1) is 16.3. The van der Waals surface area contributed by atoms with E-state index in [-0.39, 0.29) is 6.61 Å². The van der Waals surface area contributed by atoms with Crippen molar-refractivity contribution < 1.29 is 10.2 Å². The topological polar surface area (TPSA) is 46.9 Å². The third kappa shape index (κ3) is 19.8. The number of aliphatic hydroxyl groups excluding tert-OH is 2. The summed E-state index contributed by atoms with van der Waals surface area (Å²) in [4.78, 5) is 4.84. The lowest BCUT2D eigenvalue weighted by Crippen LogP contribution is -2.49. The molecular formula is C29H60N2O2. The van der Waals surface area contributed by atoms with Crippen molar-refractivity contribution in [3.63, 3.8) is 0 Å². The molecule has 1 atom stereocenters. The second kappa shape index (κ2) is 23.6. The Morgan fingerprint density at radius 1 is 0.515 bits per heavy atom. The Labute approximate surface area is 207 Å². The van der Waals surface area contributed by atoms with E-state index in [0.717, 1.165) is 26.2 Å². The molecule has 1 heterocycles. The van der Waals surface area contributed by atoms with Gasteiger partial charge in [-0.1, -0.05) is 129 Å². The van der Waals surface area contributed by atoms with E-state index in [2.05, 4.69) is 16.7 Å². The third-order valence-electron chi connectivity index (χ3n) is 7.47. The molecule has 4 heteroatoms. The molecular weight excluding hydrogens is 408 g/mol. The van der Waals surface area contributed by atoms with Crippen LogP contribution in [-0.2, 0) is 0 Å². The van der Waals surface area contributed by atoms with Gasteiger partial charge in [-0.25, -0.2) is 0 Å². The molecule has 4 nitrogen and oxygen atoms in total. The number of rotatable bonds is 24. The van der Waals surface area contributed by atoms with Crippen molar-refractivity contribution in [2.45, 2.75) is 141 Å². The minimum absolute atomic E-state index is 0.125. The third-order valence-corrected chi connectivity index (χ3v) is 7.47. The number of β-amino-alcohol motifs (C(OH)–C–C–N with tert-alkyl or cyclic N) is 1. The Balaban J connectivity index is 1.71. The molecule has 0 saturated carbocycles. The molecule has 1 saturated heterocycles. The summed E-state index contributed by atoms with van der Waals surface area (Å²) in [5, 5.41) is 18.5. The second-order valence-electron chi connectivity index (χ2n) is 10.7. The molecule has 1 fully saturated rings. The van der Waals surface area contributed by atoms with Gasteiger partial charge in [0.15, 0.2) is 0 Å². The lowest BCUT2D eigenvalue weighted by molar-refractivity contribution is 0.0393. The van der Waals surface area contributed by atoms with Crippen LogP contribution in [0.15, 0.2) is 0 Å². The van der Waals surface area contributed by atoms with Crippen molar-refractivity contribution in [1.82, 2.24) is 9.80 Å². The van der Waals surface area contributed by atoms with E-state index in [1.54, 1.807) is 0 Å². The van der Waals surface area contributed by atoms with Crippen LogP contribution in [0.5, 0.6) is 0 Å². The van der Waals surface area contributed by atoms with Crippen LogP contribution >= 0.6 is 0 Å². The van der Waals surface area contributed by atoms with E-state index in [0.29, 0.717) is 6.54 Å². The van der Waals surface area contributed by atoms with Crippen LogP contribution in [0, 0.1) is 0 Å². The van der Waals surface area contributed by atoms with Gasteiger partial charge in [0.1, 0.15) is 0 Å². The van der Waals surface area contributed by atoms with Crippen LogP contribution < -0.4 is 0 Å². The summed E-state index contributed by atoms with van der Waals surface area (Å²) < 4.78 is 0. The SMILES string of the molecule is CCCCCCCCCCCCCCCCCCCCCCN1CCN(CC(O)CO)CC1. The molecule has 33 heavy (non-hydrogen) atoms. The molecule has 0 amide bonds. The van der Waals surface area contributed by atoms with Crippen LogP contribution in [0.25, 0.3) is 0 Å². The Hall–Kier alpha value is -0.160. The molecule has 1 rings (SSSR count).